The molecule has 1 aromatic rings. The first kappa shape index (κ1) is 51.6. The van der Waals surface area contributed by atoms with Gasteiger partial charge in [0, 0.05) is 12.1 Å². The van der Waals surface area contributed by atoms with Crippen LogP contribution in [0.2, 0.25) is 0 Å². The predicted octanol–water partition coefficient (Wildman–Crippen LogP) is 9.75. The largest absolute Gasteiger partial charge is 0.480 e. The first-order chi connectivity index (χ1) is 22.8. The summed E-state index contributed by atoms with van der Waals surface area (Å²) in [5.74, 6) is -0.637. The van der Waals surface area contributed by atoms with E-state index >= 15 is 0 Å². The number of aldehydes is 1. The van der Waals surface area contributed by atoms with Crippen molar-refractivity contribution in [2.75, 3.05) is 18.5 Å². The molecule has 0 aromatic heterocycles. The van der Waals surface area contributed by atoms with Crippen molar-refractivity contribution >= 4 is 30.3 Å². The lowest BCUT2D eigenvalue weighted by molar-refractivity contribution is -0.153. The van der Waals surface area contributed by atoms with E-state index in [1.54, 1.807) is 7.05 Å². The molecule has 1 aromatic carbocycles. The molecule has 0 radical (unpaired) electrons. The number of carbonyl (C=O) groups is 4. The van der Waals surface area contributed by atoms with E-state index in [1.807, 2.05) is 92.7 Å². The van der Waals surface area contributed by atoms with Gasteiger partial charge in [0.15, 0.2) is 0 Å². The van der Waals surface area contributed by atoms with Crippen LogP contribution in [0.5, 0.6) is 0 Å². The number of unbranched alkanes of at least 4 members (excludes halogenated alkanes) is 1. The summed E-state index contributed by atoms with van der Waals surface area (Å²) in [7, 11) is 1.69. The maximum Gasteiger partial charge on any atom is 0.326 e. The number of hydrogen-bond acceptors (Lipinski definition) is 6. The molecule has 0 fully saturated rings. The van der Waals surface area contributed by atoms with Gasteiger partial charge < -0.3 is 24.9 Å². The van der Waals surface area contributed by atoms with Crippen LogP contribution >= 0.6 is 0 Å². The Hall–Kier alpha value is -3.26. The number of nitrogens with zero attached hydrogens (tertiary/aromatic N) is 1. The third kappa shape index (κ3) is 31.3. The predicted molar refractivity (Wildman–Crippen MR) is 205 cm³/mol. The molecule has 0 saturated carbocycles. The summed E-state index contributed by atoms with van der Waals surface area (Å²) in [6, 6.07) is 7.27. The van der Waals surface area contributed by atoms with Gasteiger partial charge in [-0.1, -0.05) is 117 Å². The molecule has 8 nitrogen and oxygen atoms in total. The molecule has 278 valence electrons. The smallest absolute Gasteiger partial charge is 0.326 e. The molecule has 1 atom stereocenters. The molecule has 0 spiro atoms. The molecule has 0 aliphatic heterocycles. The number of aryl methyl sites for hydroxylation is 1. The number of carboxylic acid groups (broad SMARTS) is 1. The van der Waals surface area contributed by atoms with Crippen LogP contribution < -0.4 is 10.2 Å². The van der Waals surface area contributed by atoms with Crippen LogP contribution in [0.1, 0.15) is 140 Å². The molecule has 0 bridgehead atoms. The molecule has 8 heteroatoms. The Morgan fingerprint density at radius 3 is 2.00 bits per heavy atom. The quantitative estimate of drug-likeness (QED) is 0.149. The first-order valence-electron chi connectivity index (χ1n) is 18.0. The number of para-hydroxylation sites is 1. The van der Waals surface area contributed by atoms with Crippen molar-refractivity contribution in [2.24, 2.45) is 5.92 Å². The van der Waals surface area contributed by atoms with Crippen LogP contribution in [0.15, 0.2) is 48.1 Å². The highest BCUT2D eigenvalue weighted by molar-refractivity contribution is 5.86. The number of hydrogen-bond donors (Lipinski definition) is 2. The van der Waals surface area contributed by atoms with E-state index in [4.69, 9.17) is 9.84 Å². The van der Waals surface area contributed by atoms with Crippen LogP contribution in [-0.4, -0.2) is 55.0 Å². The number of carbonyl (C=O) groups excluding carboxylic acids is 3. The highest BCUT2D eigenvalue weighted by Crippen LogP contribution is 2.22. The van der Waals surface area contributed by atoms with Gasteiger partial charge in [-0.3, -0.25) is 14.4 Å². The fourth-order valence-electron chi connectivity index (χ4n) is 3.84. The van der Waals surface area contributed by atoms with Gasteiger partial charge in [-0.05, 0) is 83.9 Å². The number of anilines is 1. The summed E-state index contributed by atoms with van der Waals surface area (Å²) < 4.78 is 5.27. The molecule has 1 aliphatic rings. The van der Waals surface area contributed by atoms with Gasteiger partial charge in [0.05, 0.1) is 0 Å². The normalized spacial score (nSPS) is 11.8. The second-order valence-electron chi connectivity index (χ2n) is 12.1. The summed E-state index contributed by atoms with van der Waals surface area (Å²) in [5.41, 5.74) is 2.67. The van der Waals surface area contributed by atoms with Crippen molar-refractivity contribution in [1.29, 1.82) is 0 Å². The highest BCUT2D eigenvalue weighted by Gasteiger charge is 2.20. The number of allylic oxidation sites excluding steroid dienone is 4. The second-order valence-corrected chi connectivity index (χ2v) is 12.1. The minimum atomic E-state index is -0.764. The van der Waals surface area contributed by atoms with Crippen molar-refractivity contribution in [1.82, 2.24) is 5.32 Å². The number of benzene rings is 1. The molecule has 1 aliphatic carbocycles. The monoisotopic (exact) mass is 677 g/mol. The Kier molecular flexibility index (Phi) is 37.7. The van der Waals surface area contributed by atoms with Crippen molar-refractivity contribution in [3.8, 4) is 0 Å². The zero-order chi connectivity index (χ0) is 38.0. The molecule has 2 rings (SSSR count). The van der Waals surface area contributed by atoms with Gasteiger partial charge in [0.2, 0.25) is 6.41 Å². The zero-order valence-electron chi connectivity index (χ0n) is 32.9. The van der Waals surface area contributed by atoms with Crippen molar-refractivity contribution in [3.05, 3.63) is 53.6 Å². The number of ether oxygens (including phenoxy) is 1. The van der Waals surface area contributed by atoms with Gasteiger partial charge in [0.1, 0.15) is 24.5 Å². The Morgan fingerprint density at radius 1 is 1.02 bits per heavy atom. The molecule has 0 saturated heterocycles. The Labute approximate surface area is 294 Å². The number of carboxylic acids is 1. The summed E-state index contributed by atoms with van der Waals surface area (Å²) in [6.07, 6.45) is 16.6. The van der Waals surface area contributed by atoms with E-state index < -0.39 is 23.6 Å². The molecular formula is C40H72N2O6. The number of rotatable bonds is 14. The molecule has 48 heavy (non-hydrogen) atoms. The Balaban J connectivity index is -0.000000307. The van der Waals surface area contributed by atoms with E-state index in [0.717, 1.165) is 56.1 Å². The van der Waals surface area contributed by atoms with Gasteiger partial charge in [-0.15, -0.1) is 0 Å². The standard InChI is InChI=1S/C17H25NO3.C11H17NO2.C5H10O.C3H8.2C2H6/c1-5-6-9-14-10-7-8-11-15(14)18(13-19)12-16(20)21-17(2,3)4;1-12-10(11(13)14)8-7-9-5-3-2-4-6-9;1-5(2)3-4-6;1-3-2;2*1-2/h7-8,10-11,13H,5-6,9,12H2,1-4H3;2-3,5,10,12H,4,6-8H2,1H3,(H,13,14);4-5H,3H2,1-2H3;3H2,1-2H3;2*1-2H3. The van der Waals surface area contributed by atoms with Gasteiger partial charge in [-0.2, -0.15) is 0 Å². The van der Waals surface area contributed by atoms with E-state index in [9.17, 15) is 19.2 Å². The Morgan fingerprint density at radius 2 is 1.60 bits per heavy atom. The van der Waals surface area contributed by atoms with E-state index in [-0.39, 0.29) is 6.54 Å². The summed E-state index contributed by atoms with van der Waals surface area (Å²) in [5, 5.41) is 11.6. The van der Waals surface area contributed by atoms with Crippen LogP contribution in [0.25, 0.3) is 0 Å². The van der Waals surface area contributed by atoms with Crippen molar-refractivity contribution in [3.63, 3.8) is 0 Å². The summed E-state index contributed by atoms with van der Waals surface area (Å²) in [4.78, 5) is 45.0. The molecule has 1 unspecified atom stereocenters. The van der Waals surface area contributed by atoms with E-state index in [2.05, 4.69) is 38.2 Å². The fraction of sp³-hybridized carbons (Fsp3) is 0.650. The second kappa shape index (κ2) is 35.1. The minimum Gasteiger partial charge on any atom is -0.480 e. The zero-order valence-corrected chi connectivity index (χ0v) is 32.9. The first-order valence-corrected chi connectivity index (χ1v) is 18.0. The number of likely N-dealkylation sites (N-methyl/N-ethyl adjacent to an activating group) is 1. The van der Waals surface area contributed by atoms with Crippen LogP contribution in [0.3, 0.4) is 0 Å². The lowest BCUT2D eigenvalue weighted by atomic mass is 9.98. The number of aliphatic carboxylic acids is 1. The number of amides is 1. The highest BCUT2D eigenvalue weighted by atomic mass is 16.6. The average molecular weight is 677 g/mol. The van der Waals surface area contributed by atoms with Crippen LogP contribution in [-0.2, 0) is 30.3 Å². The van der Waals surface area contributed by atoms with Crippen molar-refractivity contribution in [2.45, 2.75) is 153 Å². The maximum absolute atomic E-state index is 11.9. The average Bonchev–Trinajstić information content (AvgIpc) is 3.05. The SMILES string of the molecule is CC.CC.CC(C)CC=O.CCC.CCCCc1ccccc1N(C=O)CC(=O)OC(C)(C)C.CNC(CCC1=CC=CCC1)C(=O)O. The summed E-state index contributed by atoms with van der Waals surface area (Å²) >= 11 is 0. The Bertz CT molecular complexity index is 996. The molecule has 1 amide bonds. The van der Waals surface area contributed by atoms with Gasteiger partial charge in [0.25, 0.3) is 0 Å². The number of esters is 1. The third-order valence-corrected chi connectivity index (χ3v) is 6.02. The van der Waals surface area contributed by atoms with Gasteiger partial charge in [-0.25, -0.2) is 0 Å². The van der Waals surface area contributed by atoms with Crippen LogP contribution in [0.4, 0.5) is 5.69 Å². The van der Waals surface area contributed by atoms with E-state index in [1.165, 1.54) is 16.9 Å². The molecule has 0 heterocycles. The van der Waals surface area contributed by atoms with Crippen molar-refractivity contribution < 1.29 is 29.0 Å². The topological polar surface area (TPSA) is 113 Å². The lowest BCUT2D eigenvalue weighted by Gasteiger charge is -2.24. The molecular weight excluding hydrogens is 604 g/mol. The minimum absolute atomic E-state index is 0.0656. The lowest BCUT2D eigenvalue weighted by Crippen LogP contribution is -2.34. The number of nitrogens with one attached hydrogen (secondary N) is 1. The maximum atomic E-state index is 11.9. The van der Waals surface area contributed by atoms with Crippen LogP contribution in [0, 0.1) is 5.92 Å². The fourth-order valence-corrected chi connectivity index (χ4v) is 3.84. The molecule has 2 N–H and O–H groups in total. The van der Waals surface area contributed by atoms with Gasteiger partial charge >= 0.3 is 11.9 Å². The summed E-state index contributed by atoms with van der Waals surface area (Å²) in [6.45, 7) is 23.8. The third-order valence-electron chi connectivity index (χ3n) is 6.02. The van der Waals surface area contributed by atoms with E-state index in [0.29, 0.717) is 25.2 Å².